The summed E-state index contributed by atoms with van der Waals surface area (Å²) in [7, 11) is 3.19. The van der Waals surface area contributed by atoms with Crippen molar-refractivity contribution < 1.29 is 19.1 Å². The van der Waals surface area contributed by atoms with E-state index in [4.69, 9.17) is 4.74 Å². The van der Waals surface area contributed by atoms with Crippen LogP contribution in [-0.2, 0) is 22.5 Å². The molecule has 0 N–H and O–H groups in total. The van der Waals surface area contributed by atoms with Gasteiger partial charge in [0.2, 0.25) is 5.91 Å². The number of aromatic nitrogens is 2. The molecule has 0 bridgehead atoms. The van der Waals surface area contributed by atoms with Crippen molar-refractivity contribution in [2.24, 2.45) is 5.92 Å². The summed E-state index contributed by atoms with van der Waals surface area (Å²) in [5.74, 6) is -0.295. The number of likely N-dealkylation sites (tertiary alicyclic amines) is 1. The largest absolute Gasteiger partial charge is 0.465 e. The zero-order valence-corrected chi connectivity index (χ0v) is 20.7. The summed E-state index contributed by atoms with van der Waals surface area (Å²) < 4.78 is 6.42. The van der Waals surface area contributed by atoms with E-state index in [0.29, 0.717) is 24.2 Å². The van der Waals surface area contributed by atoms with E-state index in [2.05, 4.69) is 17.2 Å². The molecule has 0 saturated carbocycles. The first-order chi connectivity index (χ1) is 17.5. The highest BCUT2D eigenvalue weighted by Gasteiger charge is 2.33. The number of benzene rings is 2. The number of amides is 2. The molecule has 1 saturated heterocycles. The summed E-state index contributed by atoms with van der Waals surface area (Å²) in [6.45, 7) is 1.39. The zero-order valence-electron chi connectivity index (χ0n) is 20.7. The summed E-state index contributed by atoms with van der Waals surface area (Å²) in [5.41, 5.74) is 2.02. The molecule has 1 aromatic heterocycles. The topological polar surface area (TPSA) is 84.7 Å². The lowest BCUT2D eigenvalue weighted by Gasteiger charge is -2.40. The minimum absolute atomic E-state index is 0.00960. The van der Waals surface area contributed by atoms with Gasteiger partial charge in [0.15, 0.2) is 0 Å². The van der Waals surface area contributed by atoms with Crippen LogP contribution >= 0.6 is 0 Å². The van der Waals surface area contributed by atoms with E-state index in [1.54, 1.807) is 41.3 Å². The Bertz CT molecular complexity index is 1170. The molecule has 8 heteroatoms. The molecule has 1 unspecified atom stereocenters. The zero-order chi connectivity index (χ0) is 25.5. The number of likely N-dealkylation sites (N-methyl/N-ethyl adjacent to an activating group) is 1. The number of esters is 1. The molecule has 8 nitrogen and oxygen atoms in total. The highest BCUT2D eigenvalue weighted by Crippen LogP contribution is 2.27. The normalized spacial score (nSPS) is 14.8. The second-order valence-corrected chi connectivity index (χ2v) is 9.17. The van der Waals surface area contributed by atoms with Crippen LogP contribution in [0.3, 0.4) is 0 Å². The van der Waals surface area contributed by atoms with Gasteiger partial charge in [0.25, 0.3) is 5.91 Å². The SMILES string of the molecule is COC(=O)c1cccc(C(=O)N2CCC(C(Cc3ccccc3)N(C)C(=O)Cn3cccn3)CC2)c1. The highest BCUT2D eigenvalue weighted by atomic mass is 16.5. The van der Waals surface area contributed by atoms with Crippen molar-refractivity contribution in [3.63, 3.8) is 0 Å². The monoisotopic (exact) mass is 488 g/mol. The fourth-order valence-corrected chi connectivity index (χ4v) is 4.87. The molecule has 4 rings (SSSR count). The van der Waals surface area contributed by atoms with Crippen LogP contribution in [0.5, 0.6) is 0 Å². The van der Waals surface area contributed by atoms with Gasteiger partial charge in [0.05, 0.1) is 12.7 Å². The van der Waals surface area contributed by atoms with E-state index in [1.807, 2.05) is 41.1 Å². The van der Waals surface area contributed by atoms with Crippen molar-refractivity contribution in [3.8, 4) is 0 Å². The smallest absolute Gasteiger partial charge is 0.337 e. The predicted molar refractivity (Wildman–Crippen MR) is 135 cm³/mol. The second-order valence-electron chi connectivity index (χ2n) is 9.17. The maximum Gasteiger partial charge on any atom is 0.337 e. The van der Waals surface area contributed by atoms with Crippen LogP contribution in [0.25, 0.3) is 0 Å². The molecule has 2 amide bonds. The number of hydrogen-bond acceptors (Lipinski definition) is 5. The second kappa shape index (κ2) is 11.7. The van der Waals surface area contributed by atoms with Crippen molar-refractivity contribution in [2.45, 2.75) is 31.8 Å². The van der Waals surface area contributed by atoms with Gasteiger partial charge in [-0.3, -0.25) is 14.3 Å². The molecule has 1 atom stereocenters. The third-order valence-corrected chi connectivity index (χ3v) is 6.94. The minimum Gasteiger partial charge on any atom is -0.465 e. The van der Waals surface area contributed by atoms with Crippen LogP contribution in [0.2, 0.25) is 0 Å². The Morgan fingerprint density at radius 3 is 2.42 bits per heavy atom. The molecule has 0 radical (unpaired) electrons. The molecule has 1 aliphatic heterocycles. The van der Waals surface area contributed by atoms with Gasteiger partial charge < -0.3 is 14.5 Å². The van der Waals surface area contributed by atoms with Gasteiger partial charge >= 0.3 is 5.97 Å². The minimum atomic E-state index is -0.463. The molecule has 0 aliphatic carbocycles. The van der Waals surface area contributed by atoms with Crippen molar-refractivity contribution in [3.05, 3.63) is 89.7 Å². The first-order valence-electron chi connectivity index (χ1n) is 12.2. The maximum absolute atomic E-state index is 13.1. The standard InChI is InChI=1S/C28H32N4O4/c1-30(26(33)20-32-15-7-14-29-32)25(18-21-8-4-3-5-9-21)22-12-16-31(17-13-22)27(34)23-10-6-11-24(19-23)28(35)36-2/h3-11,14-15,19,22,25H,12-13,16-18,20H2,1-2H3. The molecule has 1 aliphatic rings. The number of ether oxygens (including phenoxy) is 1. The Hall–Kier alpha value is -3.94. The van der Waals surface area contributed by atoms with E-state index < -0.39 is 5.97 Å². The van der Waals surface area contributed by atoms with Gasteiger partial charge in [0.1, 0.15) is 6.54 Å². The summed E-state index contributed by atoms with van der Waals surface area (Å²) in [6.07, 6.45) is 5.79. The first-order valence-corrected chi connectivity index (χ1v) is 12.2. The average Bonchev–Trinajstić information content (AvgIpc) is 3.44. The van der Waals surface area contributed by atoms with Crippen LogP contribution < -0.4 is 0 Å². The van der Waals surface area contributed by atoms with Crippen LogP contribution in [-0.4, -0.2) is 70.7 Å². The van der Waals surface area contributed by atoms with E-state index in [1.165, 1.54) is 12.7 Å². The molecule has 1 fully saturated rings. The summed E-state index contributed by atoms with van der Waals surface area (Å²) in [5, 5.41) is 4.17. The third kappa shape index (κ3) is 6.00. The van der Waals surface area contributed by atoms with Crippen molar-refractivity contribution in [1.82, 2.24) is 19.6 Å². The summed E-state index contributed by atoms with van der Waals surface area (Å²) in [6, 6.07) is 18.7. The first kappa shape index (κ1) is 25.2. The number of carbonyl (C=O) groups is 3. The van der Waals surface area contributed by atoms with Crippen LogP contribution in [0.4, 0.5) is 0 Å². The maximum atomic E-state index is 13.1. The molecular formula is C28H32N4O4. The van der Waals surface area contributed by atoms with Crippen LogP contribution in [0.15, 0.2) is 73.1 Å². The summed E-state index contributed by atoms with van der Waals surface area (Å²) >= 11 is 0. The molecule has 2 heterocycles. The fraction of sp³-hybridized carbons (Fsp3) is 0.357. The van der Waals surface area contributed by atoms with E-state index >= 15 is 0 Å². The van der Waals surface area contributed by atoms with Gasteiger partial charge in [-0.25, -0.2) is 4.79 Å². The number of piperidine rings is 1. The molecule has 3 aromatic rings. The quantitative estimate of drug-likeness (QED) is 0.455. The lowest BCUT2D eigenvalue weighted by Crippen LogP contribution is -2.49. The third-order valence-electron chi connectivity index (χ3n) is 6.94. The van der Waals surface area contributed by atoms with E-state index in [9.17, 15) is 14.4 Å². The molecule has 2 aromatic carbocycles. The Morgan fingerprint density at radius 1 is 1.03 bits per heavy atom. The number of rotatable bonds is 8. The molecular weight excluding hydrogens is 456 g/mol. The molecule has 36 heavy (non-hydrogen) atoms. The number of nitrogens with zero attached hydrogens (tertiary/aromatic N) is 4. The van der Waals surface area contributed by atoms with Gasteiger partial charge in [-0.2, -0.15) is 5.10 Å². The molecule has 0 spiro atoms. The molecule has 188 valence electrons. The van der Waals surface area contributed by atoms with Gasteiger partial charge in [0, 0.05) is 44.1 Å². The Balaban J connectivity index is 1.45. The lowest BCUT2D eigenvalue weighted by molar-refractivity contribution is -0.134. The fourth-order valence-electron chi connectivity index (χ4n) is 4.87. The number of carbonyl (C=O) groups excluding carboxylic acids is 3. The van der Waals surface area contributed by atoms with E-state index in [-0.39, 0.29) is 30.3 Å². The average molecular weight is 489 g/mol. The Kier molecular flexibility index (Phi) is 8.15. The summed E-state index contributed by atoms with van der Waals surface area (Å²) in [4.78, 5) is 41.8. The Labute approximate surface area is 211 Å². The van der Waals surface area contributed by atoms with Crippen molar-refractivity contribution >= 4 is 17.8 Å². The number of hydrogen-bond donors (Lipinski definition) is 0. The van der Waals surface area contributed by atoms with E-state index in [0.717, 1.165) is 19.3 Å². The van der Waals surface area contributed by atoms with Gasteiger partial charge in [-0.1, -0.05) is 36.4 Å². The Morgan fingerprint density at radius 2 is 1.75 bits per heavy atom. The van der Waals surface area contributed by atoms with Gasteiger partial charge in [-0.05, 0) is 55.0 Å². The van der Waals surface area contributed by atoms with Crippen LogP contribution in [0, 0.1) is 5.92 Å². The number of methoxy groups -OCH3 is 1. The van der Waals surface area contributed by atoms with Crippen LogP contribution in [0.1, 0.15) is 39.1 Å². The highest BCUT2D eigenvalue weighted by molar-refractivity contribution is 5.98. The lowest BCUT2D eigenvalue weighted by atomic mass is 9.84. The van der Waals surface area contributed by atoms with Gasteiger partial charge in [-0.15, -0.1) is 0 Å². The predicted octanol–water partition coefficient (Wildman–Crippen LogP) is 3.29. The van der Waals surface area contributed by atoms with Crippen molar-refractivity contribution in [1.29, 1.82) is 0 Å². The van der Waals surface area contributed by atoms with Crippen molar-refractivity contribution in [2.75, 3.05) is 27.2 Å².